The number of rotatable bonds is 5. The Morgan fingerprint density at radius 2 is 1.81 bits per heavy atom. The fraction of sp³-hybridized carbons (Fsp3) is 0.294. The van der Waals surface area contributed by atoms with Gasteiger partial charge in [-0.15, -0.1) is 0 Å². The molecular weight excluding hydrogens is 287 g/mol. The maximum absolute atomic E-state index is 14.0. The molecule has 2 aromatic rings. The molecule has 0 saturated carbocycles. The minimum atomic E-state index is -0.289. The van der Waals surface area contributed by atoms with Crippen molar-refractivity contribution in [1.29, 1.82) is 0 Å². The molecule has 21 heavy (non-hydrogen) atoms. The number of nitrogens with zero attached hydrogens (tertiary/aromatic N) is 1. The van der Waals surface area contributed by atoms with E-state index in [4.69, 9.17) is 17.3 Å². The Balaban J connectivity index is 2.23. The van der Waals surface area contributed by atoms with Gasteiger partial charge in [0.1, 0.15) is 5.82 Å². The van der Waals surface area contributed by atoms with E-state index < -0.39 is 0 Å². The zero-order chi connectivity index (χ0) is 15.4. The van der Waals surface area contributed by atoms with E-state index in [1.54, 1.807) is 12.1 Å². The van der Waals surface area contributed by atoms with Crippen LogP contribution in [0.5, 0.6) is 0 Å². The summed E-state index contributed by atoms with van der Waals surface area (Å²) in [4.78, 5) is 2.04. The zero-order valence-corrected chi connectivity index (χ0v) is 13.1. The Morgan fingerprint density at radius 1 is 1.14 bits per heavy atom. The van der Waals surface area contributed by atoms with Crippen LogP contribution in [-0.4, -0.2) is 20.6 Å². The van der Waals surface area contributed by atoms with Gasteiger partial charge < -0.3 is 10.6 Å². The van der Waals surface area contributed by atoms with Crippen molar-refractivity contribution in [3.05, 3.63) is 64.4 Å². The molecule has 112 valence electrons. The van der Waals surface area contributed by atoms with Crippen LogP contribution in [0.25, 0.3) is 0 Å². The van der Waals surface area contributed by atoms with Crippen LogP contribution < -0.4 is 10.6 Å². The predicted octanol–water partition coefficient (Wildman–Crippen LogP) is 3.83. The van der Waals surface area contributed by atoms with Crippen LogP contribution in [0.4, 0.5) is 10.1 Å². The summed E-state index contributed by atoms with van der Waals surface area (Å²) in [5, 5.41) is 0.440. The Bertz CT molecular complexity index is 576. The summed E-state index contributed by atoms with van der Waals surface area (Å²) in [6.45, 7) is 0.357. The van der Waals surface area contributed by atoms with Crippen molar-refractivity contribution < 1.29 is 4.39 Å². The molecule has 1 atom stereocenters. The van der Waals surface area contributed by atoms with E-state index in [9.17, 15) is 4.39 Å². The van der Waals surface area contributed by atoms with Gasteiger partial charge in [0.25, 0.3) is 0 Å². The highest BCUT2D eigenvalue weighted by atomic mass is 35.5. The summed E-state index contributed by atoms with van der Waals surface area (Å²) >= 11 is 6.13. The average molecular weight is 307 g/mol. The monoisotopic (exact) mass is 306 g/mol. The molecule has 0 fully saturated rings. The molecule has 0 saturated heterocycles. The summed E-state index contributed by atoms with van der Waals surface area (Å²) in [5.74, 6) is -0.410. The standard InChI is InChI=1S/C17H20ClFN2/c1-21(2)14-8-6-12(7-9-14)10-13(11-20)17-15(18)4-3-5-16(17)19/h3-9,13H,10-11,20H2,1-2H3. The van der Waals surface area contributed by atoms with Gasteiger partial charge >= 0.3 is 0 Å². The Hall–Kier alpha value is -1.58. The highest BCUT2D eigenvalue weighted by molar-refractivity contribution is 6.31. The van der Waals surface area contributed by atoms with E-state index in [0.717, 1.165) is 11.3 Å². The lowest BCUT2D eigenvalue weighted by Crippen LogP contribution is -2.17. The van der Waals surface area contributed by atoms with Gasteiger partial charge in [0.2, 0.25) is 0 Å². The normalized spacial score (nSPS) is 12.2. The summed E-state index contributed by atoms with van der Waals surface area (Å²) < 4.78 is 14.0. The minimum absolute atomic E-state index is 0.121. The maximum atomic E-state index is 14.0. The second-order valence-corrected chi connectivity index (χ2v) is 5.74. The van der Waals surface area contributed by atoms with Gasteiger partial charge in [0, 0.05) is 36.3 Å². The highest BCUT2D eigenvalue weighted by Crippen LogP contribution is 2.29. The largest absolute Gasteiger partial charge is 0.378 e. The first-order valence-electron chi connectivity index (χ1n) is 6.93. The van der Waals surface area contributed by atoms with Crippen molar-refractivity contribution in [1.82, 2.24) is 0 Å². The molecule has 0 spiro atoms. The average Bonchev–Trinajstić information content (AvgIpc) is 2.46. The summed E-state index contributed by atoms with van der Waals surface area (Å²) in [5.41, 5.74) is 8.60. The van der Waals surface area contributed by atoms with E-state index >= 15 is 0 Å². The second-order valence-electron chi connectivity index (χ2n) is 5.33. The lowest BCUT2D eigenvalue weighted by molar-refractivity contribution is 0.576. The molecule has 2 nitrogen and oxygen atoms in total. The molecule has 0 bridgehead atoms. The lowest BCUT2D eigenvalue weighted by Gasteiger charge is -2.18. The van der Waals surface area contributed by atoms with E-state index in [1.165, 1.54) is 6.07 Å². The molecule has 1 unspecified atom stereocenters. The van der Waals surface area contributed by atoms with Crippen LogP contribution in [-0.2, 0) is 6.42 Å². The van der Waals surface area contributed by atoms with Gasteiger partial charge in [-0.3, -0.25) is 0 Å². The van der Waals surface area contributed by atoms with Gasteiger partial charge in [-0.1, -0.05) is 29.8 Å². The molecule has 0 aliphatic heterocycles. The van der Waals surface area contributed by atoms with Gasteiger partial charge in [-0.05, 0) is 42.8 Å². The summed E-state index contributed by atoms with van der Waals surface area (Å²) in [6.07, 6.45) is 0.671. The third-order valence-electron chi connectivity index (χ3n) is 3.63. The maximum Gasteiger partial charge on any atom is 0.128 e. The lowest BCUT2D eigenvalue weighted by atomic mass is 9.91. The van der Waals surface area contributed by atoms with Crippen LogP contribution in [0.2, 0.25) is 5.02 Å². The summed E-state index contributed by atoms with van der Waals surface area (Å²) in [6, 6.07) is 12.9. The number of hydrogen-bond acceptors (Lipinski definition) is 2. The van der Waals surface area contributed by atoms with Gasteiger partial charge in [0.05, 0.1) is 0 Å². The summed E-state index contributed by atoms with van der Waals surface area (Å²) in [7, 11) is 3.99. The van der Waals surface area contributed by atoms with Gasteiger partial charge in [0.15, 0.2) is 0 Å². The molecule has 4 heteroatoms. The smallest absolute Gasteiger partial charge is 0.128 e. The molecule has 0 heterocycles. The third-order valence-corrected chi connectivity index (χ3v) is 3.96. The number of benzene rings is 2. The molecule has 0 aliphatic carbocycles. The van der Waals surface area contributed by atoms with Crippen LogP contribution in [0.1, 0.15) is 17.0 Å². The van der Waals surface area contributed by atoms with E-state index in [0.29, 0.717) is 23.6 Å². The molecule has 2 aromatic carbocycles. The first-order valence-corrected chi connectivity index (χ1v) is 7.31. The molecule has 0 radical (unpaired) electrons. The quantitative estimate of drug-likeness (QED) is 0.909. The van der Waals surface area contributed by atoms with E-state index in [-0.39, 0.29) is 11.7 Å². The van der Waals surface area contributed by atoms with Crippen molar-refractivity contribution in [2.45, 2.75) is 12.3 Å². The Labute approximate surface area is 130 Å². The van der Waals surface area contributed by atoms with Crippen LogP contribution in [0.3, 0.4) is 0 Å². The zero-order valence-electron chi connectivity index (χ0n) is 12.3. The van der Waals surface area contributed by atoms with Crippen molar-refractivity contribution in [3.8, 4) is 0 Å². The molecule has 2 rings (SSSR count). The van der Waals surface area contributed by atoms with Crippen molar-refractivity contribution in [2.75, 3.05) is 25.5 Å². The first-order chi connectivity index (χ1) is 10.0. The SMILES string of the molecule is CN(C)c1ccc(CC(CN)c2c(F)cccc2Cl)cc1. The van der Waals surface area contributed by atoms with Gasteiger partial charge in [-0.25, -0.2) is 4.39 Å². The first kappa shape index (κ1) is 15.8. The third kappa shape index (κ3) is 3.74. The highest BCUT2D eigenvalue weighted by Gasteiger charge is 2.18. The number of hydrogen-bond donors (Lipinski definition) is 1. The number of halogens is 2. The topological polar surface area (TPSA) is 29.3 Å². The van der Waals surface area contributed by atoms with E-state index in [1.807, 2.05) is 43.3 Å². The second kappa shape index (κ2) is 6.92. The van der Waals surface area contributed by atoms with Crippen LogP contribution >= 0.6 is 11.6 Å². The Kier molecular flexibility index (Phi) is 5.21. The molecule has 0 amide bonds. The fourth-order valence-corrected chi connectivity index (χ4v) is 2.74. The van der Waals surface area contributed by atoms with Crippen LogP contribution in [0.15, 0.2) is 42.5 Å². The predicted molar refractivity (Wildman–Crippen MR) is 87.7 cm³/mol. The minimum Gasteiger partial charge on any atom is -0.378 e. The fourth-order valence-electron chi connectivity index (χ4n) is 2.42. The molecule has 0 aliphatic rings. The number of nitrogens with two attached hydrogens (primary N) is 1. The number of anilines is 1. The van der Waals surface area contributed by atoms with Crippen molar-refractivity contribution in [2.24, 2.45) is 5.73 Å². The van der Waals surface area contributed by atoms with Gasteiger partial charge in [-0.2, -0.15) is 0 Å². The van der Waals surface area contributed by atoms with Crippen LogP contribution in [0, 0.1) is 5.82 Å². The Morgan fingerprint density at radius 3 is 2.33 bits per heavy atom. The molecular formula is C17H20ClFN2. The van der Waals surface area contributed by atoms with E-state index in [2.05, 4.69) is 0 Å². The van der Waals surface area contributed by atoms with Crippen molar-refractivity contribution >= 4 is 17.3 Å². The molecule has 0 aromatic heterocycles. The van der Waals surface area contributed by atoms with Crippen molar-refractivity contribution in [3.63, 3.8) is 0 Å². The molecule has 2 N–H and O–H groups in total.